The van der Waals surface area contributed by atoms with Crippen LogP contribution in [0.2, 0.25) is 0 Å². The van der Waals surface area contributed by atoms with E-state index < -0.39 is 9.84 Å². The van der Waals surface area contributed by atoms with Crippen LogP contribution >= 0.6 is 0 Å². The van der Waals surface area contributed by atoms with Gasteiger partial charge in [-0.2, -0.15) is 0 Å². The van der Waals surface area contributed by atoms with Gasteiger partial charge in [-0.05, 0) is 58.7 Å². The SMILES string of the molecule is O=S1(=O)c2ccc(-c3ccc4oc5ccccc5c4c3)cc2-c2ccc(-c3nc(-c4ccccc4)nc(-c4ccc(-c5ccccc5)cc4)n3)cc21. The molecule has 0 aliphatic carbocycles. The van der Waals surface area contributed by atoms with Gasteiger partial charge in [-0.15, -0.1) is 0 Å². The van der Waals surface area contributed by atoms with E-state index in [0.717, 1.165) is 55.3 Å². The quantitative estimate of drug-likeness (QED) is 0.179. The Labute approximate surface area is 299 Å². The predicted molar refractivity (Wildman–Crippen MR) is 205 cm³/mol. The van der Waals surface area contributed by atoms with Crippen molar-refractivity contribution >= 4 is 31.8 Å². The highest BCUT2D eigenvalue weighted by Crippen LogP contribution is 2.46. The van der Waals surface area contributed by atoms with Crippen molar-refractivity contribution in [2.75, 3.05) is 0 Å². The van der Waals surface area contributed by atoms with Gasteiger partial charge in [0.25, 0.3) is 0 Å². The van der Waals surface area contributed by atoms with Gasteiger partial charge in [0, 0.05) is 38.6 Å². The summed E-state index contributed by atoms with van der Waals surface area (Å²) in [6, 6.07) is 53.1. The van der Waals surface area contributed by atoms with Gasteiger partial charge in [0.2, 0.25) is 9.84 Å². The number of rotatable bonds is 5. The van der Waals surface area contributed by atoms with Crippen LogP contribution in [0, 0.1) is 0 Å². The molecular formula is C45H27N3O3S. The van der Waals surface area contributed by atoms with E-state index in [4.69, 9.17) is 19.4 Å². The molecule has 1 aliphatic heterocycles. The second-order valence-electron chi connectivity index (χ2n) is 12.9. The summed E-state index contributed by atoms with van der Waals surface area (Å²) in [4.78, 5) is 15.1. The first-order chi connectivity index (χ1) is 25.5. The molecule has 0 unspecified atom stereocenters. The van der Waals surface area contributed by atoms with Gasteiger partial charge >= 0.3 is 0 Å². The minimum absolute atomic E-state index is 0.240. The molecule has 3 heterocycles. The second-order valence-corrected chi connectivity index (χ2v) is 14.7. The smallest absolute Gasteiger partial charge is 0.207 e. The van der Waals surface area contributed by atoms with Crippen molar-refractivity contribution in [2.45, 2.75) is 9.79 Å². The maximum Gasteiger partial charge on any atom is 0.207 e. The van der Waals surface area contributed by atoms with Crippen LogP contribution in [-0.4, -0.2) is 23.4 Å². The van der Waals surface area contributed by atoms with Gasteiger partial charge < -0.3 is 4.42 Å². The molecule has 2 aromatic heterocycles. The number of sulfone groups is 1. The fourth-order valence-electron chi connectivity index (χ4n) is 7.08. The van der Waals surface area contributed by atoms with Gasteiger partial charge in [-0.3, -0.25) is 0 Å². The van der Waals surface area contributed by atoms with Crippen LogP contribution in [0.4, 0.5) is 0 Å². The molecule has 0 radical (unpaired) electrons. The molecule has 10 rings (SSSR count). The molecule has 7 heteroatoms. The topological polar surface area (TPSA) is 86.0 Å². The van der Waals surface area contributed by atoms with E-state index in [1.165, 1.54) is 0 Å². The van der Waals surface area contributed by atoms with Crippen molar-refractivity contribution in [3.63, 3.8) is 0 Å². The lowest BCUT2D eigenvalue weighted by molar-refractivity contribution is 0.598. The third-order valence-electron chi connectivity index (χ3n) is 9.72. The van der Waals surface area contributed by atoms with Crippen molar-refractivity contribution < 1.29 is 12.8 Å². The standard InChI is InChI=1S/C45H27N3O3S/c49-52(50)41-24-21-33(32-20-23-40-37(25-32)35-13-7-8-14-39(35)51-40)26-38(41)36-22-19-34(27-42(36)52)45-47-43(30-11-5-2-6-12-30)46-44(48-45)31-17-15-29(16-18-31)28-9-3-1-4-10-28/h1-27H. The van der Waals surface area contributed by atoms with E-state index in [1.807, 2.05) is 121 Å². The normalized spacial score (nSPS) is 12.9. The highest BCUT2D eigenvalue weighted by Gasteiger charge is 2.34. The average molecular weight is 690 g/mol. The fourth-order valence-corrected chi connectivity index (χ4v) is 8.77. The molecule has 0 saturated heterocycles. The Morgan fingerprint density at radius 1 is 0.365 bits per heavy atom. The van der Waals surface area contributed by atoms with Crippen molar-refractivity contribution in [1.29, 1.82) is 0 Å². The van der Waals surface area contributed by atoms with Gasteiger partial charge in [0.05, 0.1) is 9.79 Å². The fraction of sp³-hybridized carbons (Fsp3) is 0. The molecule has 0 N–H and O–H groups in total. The third-order valence-corrected chi connectivity index (χ3v) is 11.6. The molecule has 246 valence electrons. The first kappa shape index (κ1) is 30.2. The van der Waals surface area contributed by atoms with E-state index >= 15 is 0 Å². The highest BCUT2D eigenvalue weighted by molar-refractivity contribution is 7.92. The zero-order valence-electron chi connectivity index (χ0n) is 27.6. The van der Waals surface area contributed by atoms with E-state index in [0.29, 0.717) is 34.2 Å². The second kappa shape index (κ2) is 11.7. The van der Waals surface area contributed by atoms with Crippen molar-refractivity contribution in [3.8, 4) is 67.5 Å². The molecule has 0 bridgehead atoms. The molecule has 0 saturated carbocycles. The molecule has 0 amide bonds. The molecule has 52 heavy (non-hydrogen) atoms. The van der Waals surface area contributed by atoms with E-state index in [2.05, 4.69) is 30.3 Å². The van der Waals surface area contributed by atoms with Gasteiger partial charge in [0.1, 0.15) is 11.2 Å². The van der Waals surface area contributed by atoms with Crippen LogP contribution in [-0.2, 0) is 9.84 Å². The zero-order valence-corrected chi connectivity index (χ0v) is 28.4. The molecule has 0 spiro atoms. The summed E-state index contributed by atoms with van der Waals surface area (Å²) in [7, 11) is -3.79. The Kier molecular flexibility index (Phi) is 6.78. The molecular weight excluding hydrogens is 663 g/mol. The number of nitrogens with zero attached hydrogens (tertiary/aromatic N) is 3. The number of fused-ring (bicyclic) bond motifs is 6. The predicted octanol–water partition coefficient (Wildman–Crippen LogP) is 10.9. The summed E-state index contributed by atoms with van der Waals surface area (Å²) >= 11 is 0. The Morgan fingerprint density at radius 2 is 0.885 bits per heavy atom. The summed E-state index contributed by atoms with van der Waals surface area (Å²) < 4.78 is 34.1. The molecule has 6 nitrogen and oxygen atoms in total. The van der Waals surface area contributed by atoms with Crippen LogP contribution in [0.25, 0.3) is 89.5 Å². The molecule has 7 aromatic carbocycles. The summed E-state index contributed by atoms with van der Waals surface area (Å²) in [6.45, 7) is 0. The lowest BCUT2D eigenvalue weighted by atomic mass is 9.97. The Hall–Kier alpha value is -6.70. The minimum Gasteiger partial charge on any atom is -0.456 e. The van der Waals surface area contributed by atoms with Crippen LogP contribution < -0.4 is 0 Å². The first-order valence-corrected chi connectivity index (χ1v) is 18.4. The number of furan rings is 1. The summed E-state index contributed by atoms with van der Waals surface area (Å²) in [5.74, 6) is 1.40. The van der Waals surface area contributed by atoms with Crippen molar-refractivity contribution in [1.82, 2.24) is 15.0 Å². The number of para-hydroxylation sites is 1. The Balaban J connectivity index is 1.06. The number of hydrogen-bond donors (Lipinski definition) is 0. The average Bonchev–Trinajstić information content (AvgIpc) is 3.69. The van der Waals surface area contributed by atoms with Crippen LogP contribution in [0.1, 0.15) is 0 Å². The maximum atomic E-state index is 14.1. The minimum atomic E-state index is -3.79. The van der Waals surface area contributed by atoms with E-state index in [1.54, 1.807) is 12.1 Å². The highest BCUT2D eigenvalue weighted by atomic mass is 32.2. The first-order valence-electron chi connectivity index (χ1n) is 16.9. The molecule has 1 aliphatic rings. The summed E-state index contributed by atoms with van der Waals surface area (Å²) in [5, 5.41) is 2.06. The monoisotopic (exact) mass is 689 g/mol. The number of benzene rings is 7. The molecule has 0 atom stereocenters. The summed E-state index contributed by atoms with van der Waals surface area (Å²) in [6.07, 6.45) is 0. The number of hydrogen-bond acceptors (Lipinski definition) is 6. The van der Waals surface area contributed by atoms with Crippen LogP contribution in [0.3, 0.4) is 0 Å². The largest absolute Gasteiger partial charge is 0.456 e. The van der Waals surface area contributed by atoms with Gasteiger partial charge in [-0.25, -0.2) is 23.4 Å². The van der Waals surface area contributed by atoms with E-state index in [-0.39, 0.29) is 9.79 Å². The number of aromatic nitrogens is 3. The summed E-state index contributed by atoms with van der Waals surface area (Å²) in [5.41, 5.74) is 9.35. The van der Waals surface area contributed by atoms with E-state index in [9.17, 15) is 8.42 Å². The lowest BCUT2D eigenvalue weighted by Gasteiger charge is -2.10. The molecule has 0 fully saturated rings. The maximum absolute atomic E-state index is 14.1. The lowest BCUT2D eigenvalue weighted by Crippen LogP contribution is -2.01. The molecule has 9 aromatic rings. The third kappa shape index (κ3) is 4.93. The van der Waals surface area contributed by atoms with Crippen molar-refractivity contribution in [2.24, 2.45) is 0 Å². The van der Waals surface area contributed by atoms with Gasteiger partial charge in [0.15, 0.2) is 17.5 Å². The van der Waals surface area contributed by atoms with Crippen molar-refractivity contribution in [3.05, 3.63) is 164 Å². The van der Waals surface area contributed by atoms with Gasteiger partial charge in [-0.1, -0.05) is 127 Å². The van der Waals surface area contributed by atoms with Crippen LogP contribution in [0.15, 0.2) is 178 Å². The zero-order chi connectivity index (χ0) is 34.8. The Morgan fingerprint density at radius 3 is 1.63 bits per heavy atom. The Bertz CT molecular complexity index is 2960. The van der Waals surface area contributed by atoms with Crippen LogP contribution in [0.5, 0.6) is 0 Å².